The van der Waals surface area contributed by atoms with Crippen LogP contribution in [0.5, 0.6) is 5.75 Å². The lowest BCUT2D eigenvalue weighted by Gasteiger charge is -2.09. The Balaban J connectivity index is 1.61. The van der Waals surface area contributed by atoms with Crippen LogP contribution in [0.2, 0.25) is 0 Å². The van der Waals surface area contributed by atoms with Crippen molar-refractivity contribution >= 4 is 45.8 Å². The van der Waals surface area contributed by atoms with E-state index >= 15 is 0 Å². The number of fused-ring (bicyclic) bond motifs is 2. The molecule has 5 rings (SSSR count). The highest BCUT2D eigenvalue weighted by Gasteiger charge is 2.24. The molecule has 2 aromatic heterocycles. The molecule has 3 N–H and O–H groups in total. The van der Waals surface area contributed by atoms with E-state index in [1.165, 1.54) is 4.68 Å². The number of anilines is 2. The van der Waals surface area contributed by atoms with Crippen LogP contribution in [0.15, 0.2) is 71.8 Å². The van der Waals surface area contributed by atoms with Crippen molar-refractivity contribution in [2.75, 3.05) is 17.7 Å². The largest absolute Gasteiger partial charge is 0.494 e. The summed E-state index contributed by atoms with van der Waals surface area (Å²) < 4.78 is 6.96. The van der Waals surface area contributed by atoms with Crippen LogP contribution in [0.1, 0.15) is 34.0 Å². The molecule has 0 aliphatic carbocycles. The molecular weight excluding hydrogens is 452 g/mol. The molecule has 36 heavy (non-hydrogen) atoms. The summed E-state index contributed by atoms with van der Waals surface area (Å²) >= 11 is 0. The minimum absolute atomic E-state index is 0.158. The third-order valence-electron chi connectivity index (χ3n) is 5.86. The Kier molecular flexibility index (Phi) is 6.08. The number of carbonyl (C=O) groups is 1. The Morgan fingerprint density at radius 3 is 2.50 bits per heavy atom. The number of nitrogens with one attached hydrogen (secondary N) is 1. The zero-order valence-electron chi connectivity index (χ0n) is 20.3. The van der Waals surface area contributed by atoms with Gasteiger partial charge in [0.05, 0.1) is 23.9 Å². The molecule has 0 atom stereocenters. The fraction of sp³-hybridized carbons (Fsp3) is 0.143. The highest BCUT2D eigenvalue weighted by atomic mass is 16.5. The molecule has 5 aromatic rings. The van der Waals surface area contributed by atoms with Crippen LogP contribution in [0.3, 0.4) is 0 Å². The Labute approximate surface area is 208 Å². The summed E-state index contributed by atoms with van der Waals surface area (Å²) in [6, 6.07) is 20.9. The van der Waals surface area contributed by atoms with Gasteiger partial charge in [-0.2, -0.15) is 9.78 Å². The van der Waals surface area contributed by atoms with Crippen LogP contribution in [0, 0.1) is 13.8 Å². The van der Waals surface area contributed by atoms with Gasteiger partial charge >= 0.3 is 0 Å². The van der Waals surface area contributed by atoms with Gasteiger partial charge in [-0.15, -0.1) is 0 Å². The van der Waals surface area contributed by atoms with Crippen LogP contribution < -0.4 is 15.8 Å². The number of benzene rings is 3. The van der Waals surface area contributed by atoms with E-state index in [9.17, 15) is 4.79 Å². The molecule has 0 aliphatic rings. The van der Waals surface area contributed by atoms with Gasteiger partial charge < -0.3 is 15.8 Å². The molecule has 0 unspecified atom stereocenters. The summed E-state index contributed by atoms with van der Waals surface area (Å²) in [5, 5.41) is 7.56. The lowest BCUT2D eigenvalue weighted by molar-refractivity contribution is 0.102. The van der Waals surface area contributed by atoms with Gasteiger partial charge in [-0.3, -0.25) is 4.79 Å². The lowest BCUT2D eigenvalue weighted by atomic mass is 10.1. The fourth-order valence-corrected chi connectivity index (χ4v) is 3.98. The van der Waals surface area contributed by atoms with Gasteiger partial charge in [0, 0.05) is 5.69 Å². The van der Waals surface area contributed by atoms with Crippen molar-refractivity contribution in [1.82, 2.24) is 14.6 Å². The maximum atomic E-state index is 13.5. The van der Waals surface area contributed by atoms with Crippen LogP contribution >= 0.6 is 0 Å². The summed E-state index contributed by atoms with van der Waals surface area (Å²) in [6.07, 6.45) is 1.66. The van der Waals surface area contributed by atoms with Gasteiger partial charge in [-0.25, -0.2) is 9.97 Å². The number of nitrogen functional groups attached to an aromatic ring is 1. The second-order valence-corrected chi connectivity index (χ2v) is 8.48. The quantitative estimate of drug-likeness (QED) is 0.321. The van der Waals surface area contributed by atoms with Crippen LogP contribution in [0.4, 0.5) is 11.5 Å². The predicted octanol–water partition coefficient (Wildman–Crippen LogP) is 5.32. The average molecular weight is 479 g/mol. The number of nitrogens with zero attached hydrogens (tertiary/aromatic N) is 4. The van der Waals surface area contributed by atoms with E-state index in [-0.39, 0.29) is 17.3 Å². The monoisotopic (exact) mass is 478 g/mol. The van der Waals surface area contributed by atoms with Crippen LogP contribution in [-0.2, 0) is 0 Å². The first-order chi connectivity index (χ1) is 17.4. The number of carbonyl (C=O) groups excluding carboxylic acids is 1. The number of hydrogen-bond donors (Lipinski definition) is 2. The minimum atomic E-state index is -0.370. The fourth-order valence-electron chi connectivity index (χ4n) is 3.98. The number of rotatable bonds is 6. The number of hydrogen-bond acceptors (Lipinski definition) is 6. The number of ether oxygens (including phenoxy) is 1. The van der Waals surface area contributed by atoms with Crippen molar-refractivity contribution in [3.8, 4) is 5.75 Å². The van der Waals surface area contributed by atoms with E-state index in [1.54, 1.807) is 6.21 Å². The summed E-state index contributed by atoms with van der Waals surface area (Å²) in [5.74, 6) is 0.569. The Hall–Kier alpha value is -4.72. The molecule has 8 heteroatoms. The zero-order chi connectivity index (χ0) is 25.2. The van der Waals surface area contributed by atoms with Gasteiger partial charge in [-0.05, 0) is 79.9 Å². The number of amides is 1. The standard InChI is InChI=1S/C28H26N6O2/c1-4-36-20-13-11-19(12-14-20)16-30-34-26(29)24(28(35)33-23-15-17(2)9-10-18(23)3)25-27(34)32-22-8-6-5-7-21(22)31-25/h5-16H,4,29H2,1-3H3,(H,33,35)/b30-16+. The zero-order valence-corrected chi connectivity index (χ0v) is 20.3. The molecule has 180 valence electrons. The molecule has 2 heterocycles. The van der Waals surface area contributed by atoms with E-state index in [1.807, 2.05) is 87.5 Å². The van der Waals surface area contributed by atoms with Crippen molar-refractivity contribution in [1.29, 1.82) is 0 Å². The molecule has 0 fully saturated rings. The molecule has 0 aliphatic heterocycles. The van der Waals surface area contributed by atoms with E-state index in [0.717, 1.165) is 22.4 Å². The molecule has 3 aromatic carbocycles. The molecule has 0 saturated heterocycles. The van der Waals surface area contributed by atoms with E-state index in [0.29, 0.717) is 34.5 Å². The van der Waals surface area contributed by atoms with Crippen molar-refractivity contribution in [3.63, 3.8) is 0 Å². The van der Waals surface area contributed by atoms with Gasteiger partial charge in [0.25, 0.3) is 5.91 Å². The van der Waals surface area contributed by atoms with E-state index < -0.39 is 0 Å². The van der Waals surface area contributed by atoms with Crippen molar-refractivity contribution in [2.45, 2.75) is 20.8 Å². The topological polar surface area (TPSA) is 107 Å². The predicted molar refractivity (Wildman–Crippen MR) is 144 cm³/mol. The van der Waals surface area contributed by atoms with Gasteiger partial charge in [0.2, 0.25) is 0 Å². The Morgan fingerprint density at radius 2 is 1.78 bits per heavy atom. The van der Waals surface area contributed by atoms with E-state index in [2.05, 4.69) is 10.4 Å². The average Bonchev–Trinajstić information content (AvgIpc) is 3.14. The van der Waals surface area contributed by atoms with Crippen LogP contribution in [0.25, 0.3) is 22.2 Å². The van der Waals surface area contributed by atoms with Crippen LogP contribution in [-0.4, -0.2) is 33.4 Å². The highest BCUT2D eigenvalue weighted by molar-refractivity contribution is 6.16. The van der Waals surface area contributed by atoms with Crippen molar-refractivity contribution in [3.05, 3.63) is 89.0 Å². The van der Waals surface area contributed by atoms with Gasteiger partial charge in [0.15, 0.2) is 5.65 Å². The molecule has 0 bridgehead atoms. The lowest BCUT2D eigenvalue weighted by Crippen LogP contribution is -2.15. The van der Waals surface area contributed by atoms with Crippen molar-refractivity contribution < 1.29 is 9.53 Å². The second-order valence-electron chi connectivity index (χ2n) is 8.48. The smallest absolute Gasteiger partial charge is 0.261 e. The molecule has 0 radical (unpaired) electrons. The molecule has 0 spiro atoms. The molecule has 0 saturated carbocycles. The first kappa shape index (κ1) is 23.0. The summed E-state index contributed by atoms with van der Waals surface area (Å²) in [4.78, 5) is 23.0. The molecular formula is C28H26N6O2. The van der Waals surface area contributed by atoms with E-state index in [4.69, 9.17) is 20.4 Å². The Morgan fingerprint density at radius 1 is 1.06 bits per heavy atom. The number of para-hydroxylation sites is 2. The normalized spacial score (nSPS) is 11.4. The SMILES string of the molecule is CCOc1ccc(/C=N/n2c(N)c(C(=O)Nc3cc(C)ccc3C)c3nc4ccccc4nc32)cc1. The molecule has 1 amide bonds. The summed E-state index contributed by atoms with van der Waals surface area (Å²) in [6.45, 7) is 6.45. The number of aromatic nitrogens is 3. The third kappa shape index (κ3) is 4.36. The first-order valence-electron chi connectivity index (χ1n) is 11.7. The third-order valence-corrected chi connectivity index (χ3v) is 5.86. The first-order valence-corrected chi connectivity index (χ1v) is 11.7. The number of aryl methyl sites for hydroxylation is 2. The maximum Gasteiger partial charge on any atom is 0.261 e. The van der Waals surface area contributed by atoms with Crippen molar-refractivity contribution in [2.24, 2.45) is 5.10 Å². The highest BCUT2D eigenvalue weighted by Crippen LogP contribution is 2.29. The molecule has 8 nitrogen and oxygen atoms in total. The Bertz CT molecular complexity index is 1620. The summed E-state index contributed by atoms with van der Waals surface area (Å²) in [5.41, 5.74) is 12.4. The summed E-state index contributed by atoms with van der Waals surface area (Å²) in [7, 11) is 0. The van der Waals surface area contributed by atoms with Gasteiger partial charge in [-0.1, -0.05) is 24.3 Å². The number of nitrogens with two attached hydrogens (primary N) is 1. The minimum Gasteiger partial charge on any atom is -0.494 e. The second kappa shape index (κ2) is 9.50. The maximum absolute atomic E-state index is 13.5. The van der Waals surface area contributed by atoms with Gasteiger partial charge in [0.1, 0.15) is 22.6 Å².